The third-order valence-corrected chi connectivity index (χ3v) is 7.31. The summed E-state index contributed by atoms with van der Waals surface area (Å²) in [6, 6.07) is 0. The van der Waals surface area contributed by atoms with Crippen LogP contribution in [0.3, 0.4) is 0 Å². The van der Waals surface area contributed by atoms with E-state index in [1.807, 2.05) is 0 Å². The fraction of sp³-hybridized carbons (Fsp3) is 0.818. The van der Waals surface area contributed by atoms with Gasteiger partial charge in [-0.2, -0.15) is 0 Å². The molecular formula is C22H40IN5OS. The minimum Gasteiger partial charge on any atom is -0.385 e. The highest BCUT2D eigenvalue weighted by Crippen LogP contribution is 2.44. The largest absolute Gasteiger partial charge is 0.385 e. The number of methoxy groups -OCH3 is 1. The molecule has 1 aromatic heterocycles. The maximum absolute atomic E-state index is 5.31. The highest BCUT2D eigenvalue weighted by Gasteiger charge is 2.36. The summed E-state index contributed by atoms with van der Waals surface area (Å²) in [5.41, 5.74) is 1.60. The number of nitrogens with one attached hydrogen (secondary N) is 2. The van der Waals surface area contributed by atoms with E-state index >= 15 is 0 Å². The number of aryl methyl sites for hydroxylation is 1. The van der Waals surface area contributed by atoms with E-state index in [9.17, 15) is 0 Å². The number of piperidine rings is 1. The Morgan fingerprint density at radius 2 is 2.10 bits per heavy atom. The van der Waals surface area contributed by atoms with Crippen molar-refractivity contribution in [2.75, 3.05) is 46.4 Å². The van der Waals surface area contributed by atoms with E-state index in [4.69, 9.17) is 9.73 Å². The summed E-state index contributed by atoms with van der Waals surface area (Å²) in [7, 11) is 1.80. The van der Waals surface area contributed by atoms with E-state index < -0.39 is 0 Å². The number of likely N-dealkylation sites (tertiary alicyclic amines) is 1. The lowest BCUT2D eigenvalue weighted by Crippen LogP contribution is -2.43. The average Bonchev–Trinajstić information content (AvgIpc) is 3.10. The minimum absolute atomic E-state index is 0. The first-order chi connectivity index (χ1) is 14.1. The lowest BCUT2D eigenvalue weighted by Gasteiger charge is -2.41. The second kappa shape index (κ2) is 13.2. The Hall–Kier alpha value is -0.450. The van der Waals surface area contributed by atoms with Gasteiger partial charge in [0.2, 0.25) is 0 Å². The van der Waals surface area contributed by atoms with Gasteiger partial charge < -0.3 is 15.4 Å². The first-order valence-corrected chi connectivity index (χ1v) is 12.1. The fourth-order valence-electron chi connectivity index (χ4n) is 4.37. The molecule has 1 aromatic rings. The van der Waals surface area contributed by atoms with Crippen molar-refractivity contribution in [1.29, 1.82) is 0 Å². The van der Waals surface area contributed by atoms with Gasteiger partial charge in [0.1, 0.15) is 0 Å². The molecule has 0 atom stereocenters. The zero-order valence-electron chi connectivity index (χ0n) is 18.9. The standard InChI is InChI=1S/C22H39N5OS.HI/c1-4-23-21(25-17-22(8-5-9-22)10-13-28-3)24-14-19-6-11-27(12-7-19)15-20-16-29-18(2)26-20;/h16,19H,4-15,17H2,1-3H3,(H2,23,24,25);1H. The van der Waals surface area contributed by atoms with Crippen molar-refractivity contribution in [1.82, 2.24) is 20.5 Å². The van der Waals surface area contributed by atoms with Crippen LogP contribution < -0.4 is 10.6 Å². The molecule has 0 aromatic carbocycles. The van der Waals surface area contributed by atoms with Gasteiger partial charge >= 0.3 is 0 Å². The molecule has 0 bridgehead atoms. The summed E-state index contributed by atoms with van der Waals surface area (Å²) in [5.74, 6) is 1.70. The molecule has 8 heteroatoms. The Morgan fingerprint density at radius 3 is 2.67 bits per heavy atom. The van der Waals surface area contributed by atoms with Crippen LogP contribution in [0.25, 0.3) is 0 Å². The third-order valence-electron chi connectivity index (χ3n) is 6.49. The Labute approximate surface area is 203 Å². The van der Waals surface area contributed by atoms with Crippen LogP contribution >= 0.6 is 35.3 Å². The predicted octanol–water partition coefficient (Wildman–Crippen LogP) is 4.04. The smallest absolute Gasteiger partial charge is 0.191 e. The second-order valence-electron chi connectivity index (χ2n) is 8.75. The van der Waals surface area contributed by atoms with Crippen LogP contribution in [0, 0.1) is 18.3 Å². The first kappa shape index (κ1) is 25.8. The van der Waals surface area contributed by atoms with E-state index in [-0.39, 0.29) is 24.0 Å². The summed E-state index contributed by atoms with van der Waals surface area (Å²) in [6.45, 7) is 11.2. The molecule has 1 aliphatic heterocycles. The Balaban J connectivity index is 0.00000320. The SMILES string of the molecule is CCNC(=NCC1(CCOC)CCC1)NCC1CCN(Cc2csc(C)n2)CC1.I. The molecule has 2 fully saturated rings. The zero-order chi connectivity index (χ0) is 20.5. The molecule has 3 rings (SSSR count). The molecule has 2 N–H and O–H groups in total. The Bertz CT molecular complexity index is 641. The number of thiazole rings is 1. The molecule has 0 radical (unpaired) electrons. The van der Waals surface area contributed by atoms with Gasteiger partial charge in [0.05, 0.1) is 10.7 Å². The maximum Gasteiger partial charge on any atom is 0.191 e. The number of guanidine groups is 1. The Morgan fingerprint density at radius 1 is 1.33 bits per heavy atom. The molecule has 30 heavy (non-hydrogen) atoms. The Kier molecular flexibility index (Phi) is 11.3. The molecule has 0 unspecified atom stereocenters. The van der Waals surface area contributed by atoms with Gasteiger partial charge in [-0.25, -0.2) is 4.98 Å². The molecule has 1 saturated carbocycles. The molecule has 6 nitrogen and oxygen atoms in total. The van der Waals surface area contributed by atoms with Gasteiger partial charge in [-0.1, -0.05) is 6.42 Å². The average molecular weight is 550 g/mol. The van der Waals surface area contributed by atoms with Crippen LogP contribution in [-0.2, 0) is 11.3 Å². The lowest BCUT2D eigenvalue weighted by atomic mass is 9.67. The lowest BCUT2D eigenvalue weighted by molar-refractivity contribution is 0.0778. The summed E-state index contributed by atoms with van der Waals surface area (Å²) >= 11 is 1.75. The van der Waals surface area contributed by atoms with Crippen molar-refractivity contribution in [3.8, 4) is 0 Å². The molecule has 172 valence electrons. The quantitative estimate of drug-likeness (QED) is 0.262. The number of rotatable bonds is 10. The van der Waals surface area contributed by atoms with Gasteiger partial charge in [0, 0.05) is 45.3 Å². The highest BCUT2D eigenvalue weighted by atomic mass is 127. The molecule has 1 saturated heterocycles. The van der Waals surface area contributed by atoms with Crippen molar-refractivity contribution in [2.24, 2.45) is 16.3 Å². The van der Waals surface area contributed by atoms with Crippen molar-refractivity contribution >= 4 is 41.3 Å². The molecule has 2 heterocycles. The summed E-state index contributed by atoms with van der Waals surface area (Å²) in [6.07, 6.45) is 7.53. The summed E-state index contributed by atoms with van der Waals surface area (Å²) < 4.78 is 5.31. The monoisotopic (exact) mass is 549 g/mol. The molecule has 2 aliphatic rings. The molecule has 0 spiro atoms. The van der Waals surface area contributed by atoms with Gasteiger partial charge in [0.15, 0.2) is 5.96 Å². The summed E-state index contributed by atoms with van der Waals surface area (Å²) in [4.78, 5) is 12.1. The van der Waals surface area contributed by atoms with E-state index in [1.165, 1.54) is 42.8 Å². The normalized spacial score (nSPS) is 19.8. The second-order valence-corrected chi connectivity index (χ2v) is 9.81. The van der Waals surface area contributed by atoms with Crippen molar-refractivity contribution in [3.05, 3.63) is 16.1 Å². The minimum atomic E-state index is 0. The fourth-order valence-corrected chi connectivity index (χ4v) is 4.97. The van der Waals surface area contributed by atoms with E-state index in [2.05, 4.69) is 39.7 Å². The highest BCUT2D eigenvalue weighted by molar-refractivity contribution is 14.0. The van der Waals surface area contributed by atoms with Gasteiger partial charge in [0.25, 0.3) is 0 Å². The van der Waals surface area contributed by atoms with Crippen molar-refractivity contribution < 1.29 is 4.74 Å². The van der Waals surface area contributed by atoms with Crippen LogP contribution in [0.4, 0.5) is 0 Å². The molecule has 0 amide bonds. The van der Waals surface area contributed by atoms with Crippen molar-refractivity contribution in [3.63, 3.8) is 0 Å². The van der Waals surface area contributed by atoms with Crippen LogP contribution in [0.5, 0.6) is 0 Å². The van der Waals surface area contributed by atoms with Crippen LogP contribution in [0.2, 0.25) is 0 Å². The van der Waals surface area contributed by atoms with Gasteiger partial charge in [-0.05, 0) is 70.4 Å². The number of hydrogen-bond acceptors (Lipinski definition) is 5. The first-order valence-electron chi connectivity index (χ1n) is 11.3. The number of hydrogen-bond donors (Lipinski definition) is 2. The third kappa shape index (κ3) is 7.91. The van der Waals surface area contributed by atoms with E-state index in [0.29, 0.717) is 5.41 Å². The zero-order valence-corrected chi connectivity index (χ0v) is 22.1. The number of halogens is 1. The van der Waals surface area contributed by atoms with Crippen LogP contribution in [-0.4, -0.2) is 62.3 Å². The number of aromatic nitrogens is 1. The molecule has 1 aliphatic carbocycles. The maximum atomic E-state index is 5.31. The number of ether oxygens (including phenoxy) is 1. The topological polar surface area (TPSA) is 61.8 Å². The number of aliphatic imine (C=N–C) groups is 1. The van der Waals surface area contributed by atoms with Crippen LogP contribution in [0.1, 0.15) is 56.2 Å². The molecular weight excluding hydrogens is 509 g/mol. The number of nitrogens with zero attached hydrogens (tertiary/aromatic N) is 3. The predicted molar refractivity (Wildman–Crippen MR) is 137 cm³/mol. The van der Waals surface area contributed by atoms with Gasteiger partial charge in [-0.3, -0.25) is 9.89 Å². The van der Waals surface area contributed by atoms with Crippen molar-refractivity contribution in [2.45, 2.75) is 58.9 Å². The summed E-state index contributed by atoms with van der Waals surface area (Å²) in [5, 5.41) is 10.4. The van der Waals surface area contributed by atoms with E-state index in [1.54, 1.807) is 18.4 Å². The van der Waals surface area contributed by atoms with Gasteiger partial charge in [-0.15, -0.1) is 35.3 Å². The van der Waals surface area contributed by atoms with E-state index in [0.717, 1.165) is 64.2 Å². The van der Waals surface area contributed by atoms with Crippen LogP contribution in [0.15, 0.2) is 10.4 Å².